The third kappa shape index (κ3) is 8.00. The van der Waals surface area contributed by atoms with E-state index in [1.54, 1.807) is 6.08 Å². The Kier molecular flexibility index (Phi) is 11.4. The Bertz CT molecular complexity index is 545. The summed E-state index contributed by atoms with van der Waals surface area (Å²) in [5, 5.41) is 0. The highest BCUT2D eigenvalue weighted by molar-refractivity contribution is 5.97. The lowest BCUT2D eigenvalue weighted by molar-refractivity contribution is 0.698. The molecule has 0 aromatic carbocycles. The topological polar surface area (TPSA) is 64.4 Å². The number of aliphatic imine (C=N–C) groups is 1. The molecule has 4 N–H and O–H groups in total. The van der Waals surface area contributed by atoms with Gasteiger partial charge in [-0.15, -0.1) is 0 Å². The van der Waals surface area contributed by atoms with Gasteiger partial charge in [0.05, 0.1) is 11.4 Å². The number of unbranched alkanes of at least 4 members (excludes halogenated alkanes) is 1. The highest BCUT2D eigenvalue weighted by atomic mass is 14.9. The summed E-state index contributed by atoms with van der Waals surface area (Å²) in [6, 6.07) is 0. The SMILES string of the molecule is C=C/C=C(\C=C/C(C)CC)C(=C\CCC)/N=C(N)/C(N)=C(\C)CC. The Morgan fingerprint density at radius 2 is 1.88 bits per heavy atom. The van der Waals surface area contributed by atoms with Crippen LogP contribution in [0.2, 0.25) is 0 Å². The molecule has 0 bridgehead atoms. The van der Waals surface area contributed by atoms with E-state index in [1.807, 2.05) is 13.0 Å². The summed E-state index contributed by atoms with van der Waals surface area (Å²) in [6.45, 7) is 14.4. The summed E-state index contributed by atoms with van der Waals surface area (Å²) in [4.78, 5) is 4.61. The molecule has 0 aliphatic carbocycles. The first-order valence-corrected chi connectivity index (χ1v) is 8.92. The van der Waals surface area contributed by atoms with Crippen LogP contribution in [0.5, 0.6) is 0 Å². The van der Waals surface area contributed by atoms with E-state index in [9.17, 15) is 0 Å². The van der Waals surface area contributed by atoms with Gasteiger partial charge in [0.25, 0.3) is 0 Å². The average Bonchev–Trinajstić information content (AvgIpc) is 2.60. The van der Waals surface area contributed by atoms with Crippen molar-refractivity contribution in [3.8, 4) is 0 Å². The summed E-state index contributed by atoms with van der Waals surface area (Å²) < 4.78 is 0. The van der Waals surface area contributed by atoms with Crippen LogP contribution in [0.25, 0.3) is 0 Å². The number of amidine groups is 1. The summed E-state index contributed by atoms with van der Waals surface area (Å²) in [5.74, 6) is 0.892. The van der Waals surface area contributed by atoms with Gasteiger partial charge in [-0.3, -0.25) is 0 Å². The molecule has 3 nitrogen and oxygen atoms in total. The fourth-order valence-corrected chi connectivity index (χ4v) is 1.87. The number of hydrogen-bond donors (Lipinski definition) is 2. The monoisotopic (exact) mass is 329 g/mol. The van der Waals surface area contributed by atoms with Crippen LogP contribution >= 0.6 is 0 Å². The van der Waals surface area contributed by atoms with Crippen LogP contribution in [-0.2, 0) is 0 Å². The number of hydrogen-bond acceptors (Lipinski definition) is 2. The van der Waals surface area contributed by atoms with Gasteiger partial charge in [-0.1, -0.05) is 77.5 Å². The van der Waals surface area contributed by atoms with E-state index < -0.39 is 0 Å². The van der Waals surface area contributed by atoms with Crippen LogP contribution in [0, 0.1) is 5.92 Å². The molecule has 0 saturated carbocycles. The fourth-order valence-electron chi connectivity index (χ4n) is 1.87. The maximum Gasteiger partial charge on any atom is 0.147 e. The van der Waals surface area contributed by atoms with Gasteiger partial charge in [0.1, 0.15) is 5.84 Å². The largest absolute Gasteiger partial charge is 0.396 e. The summed E-state index contributed by atoms with van der Waals surface area (Å²) in [6.07, 6.45) is 14.1. The predicted octanol–water partition coefficient (Wildman–Crippen LogP) is 5.39. The molecule has 1 atom stereocenters. The van der Waals surface area contributed by atoms with Crippen molar-refractivity contribution in [1.82, 2.24) is 0 Å². The Morgan fingerprint density at radius 3 is 2.38 bits per heavy atom. The van der Waals surface area contributed by atoms with Crippen molar-refractivity contribution >= 4 is 5.84 Å². The molecule has 24 heavy (non-hydrogen) atoms. The molecule has 0 fully saturated rings. The minimum Gasteiger partial charge on any atom is -0.396 e. The van der Waals surface area contributed by atoms with Crippen molar-refractivity contribution in [2.45, 2.75) is 60.3 Å². The zero-order chi connectivity index (χ0) is 18.5. The second-order valence-corrected chi connectivity index (χ2v) is 6.03. The molecule has 1 unspecified atom stereocenters. The lowest BCUT2D eigenvalue weighted by atomic mass is 10.0. The first-order chi connectivity index (χ1) is 11.4. The molecule has 0 spiro atoms. The molecule has 0 rings (SSSR count). The van der Waals surface area contributed by atoms with Crippen LogP contribution in [0.15, 0.2) is 64.5 Å². The van der Waals surface area contributed by atoms with Crippen LogP contribution in [0.3, 0.4) is 0 Å². The Morgan fingerprint density at radius 1 is 1.21 bits per heavy atom. The van der Waals surface area contributed by atoms with Crippen molar-refractivity contribution in [2.75, 3.05) is 0 Å². The fraction of sp³-hybridized carbons (Fsp3) is 0.476. The Labute approximate surface area is 148 Å². The minimum atomic E-state index is 0.378. The first-order valence-electron chi connectivity index (χ1n) is 8.92. The number of nitrogens with two attached hydrogens (primary N) is 2. The summed E-state index contributed by atoms with van der Waals surface area (Å²) >= 11 is 0. The number of rotatable bonds is 10. The highest BCUT2D eigenvalue weighted by Crippen LogP contribution is 2.18. The molecule has 0 radical (unpaired) electrons. The van der Waals surface area contributed by atoms with Gasteiger partial charge < -0.3 is 11.5 Å². The lowest BCUT2D eigenvalue weighted by Crippen LogP contribution is -2.22. The van der Waals surface area contributed by atoms with Gasteiger partial charge in [-0.2, -0.15) is 0 Å². The molecule has 0 aromatic heterocycles. The van der Waals surface area contributed by atoms with E-state index in [4.69, 9.17) is 11.5 Å². The summed E-state index contributed by atoms with van der Waals surface area (Å²) in [5.41, 5.74) is 15.7. The predicted molar refractivity (Wildman–Crippen MR) is 109 cm³/mol. The average molecular weight is 330 g/mol. The first kappa shape index (κ1) is 22.0. The maximum absolute atomic E-state index is 6.13. The van der Waals surface area contributed by atoms with Crippen molar-refractivity contribution in [3.63, 3.8) is 0 Å². The number of allylic oxidation sites excluding steroid dienone is 6. The molecule has 0 amide bonds. The van der Waals surface area contributed by atoms with Crippen LogP contribution < -0.4 is 11.5 Å². The molecular weight excluding hydrogens is 294 g/mol. The van der Waals surface area contributed by atoms with Crippen LogP contribution in [-0.4, -0.2) is 5.84 Å². The normalized spacial score (nSPS) is 16.3. The van der Waals surface area contributed by atoms with Gasteiger partial charge in [-0.25, -0.2) is 4.99 Å². The van der Waals surface area contributed by atoms with E-state index in [0.29, 0.717) is 17.5 Å². The van der Waals surface area contributed by atoms with Gasteiger partial charge >= 0.3 is 0 Å². The number of nitrogens with zero attached hydrogens (tertiary/aromatic N) is 1. The zero-order valence-corrected chi connectivity index (χ0v) is 16.1. The second-order valence-electron chi connectivity index (χ2n) is 6.03. The minimum absolute atomic E-state index is 0.378. The smallest absolute Gasteiger partial charge is 0.147 e. The highest BCUT2D eigenvalue weighted by Gasteiger charge is 2.06. The van der Waals surface area contributed by atoms with E-state index >= 15 is 0 Å². The van der Waals surface area contributed by atoms with Crippen molar-refractivity contribution < 1.29 is 0 Å². The van der Waals surface area contributed by atoms with E-state index in [0.717, 1.165) is 42.5 Å². The molecule has 134 valence electrons. The molecule has 0 heterocycles. The standard InChI is InChI=1S/C21H35N3/c1-7-11-13-19(24-21(23)20(22)17(6)10-4)18(12-8-2)15-14-16(5)9-3/h8,12-16H,2,7,9-11,22H2,1,3-6H3,(H2,23,24)/b15-14-,18-12+,19-13+,20-17-. The van der Waals surface area contributed by atoms with E-state index in [-0.39, 0.29) is 0 Å². The van der Waals surface area contributed by atoms with Gasteiger partial charge in [0, 0.05) is 0 Å². The third-order valence-corrected chi connectivity index (χ3v) is 3.97. The van der Waals surface area contributed by atoms with Crippen LogP contribution in [0.1, 0.15) is 60.3 Å². The second kappa shape index (κ2) is 12.4. The van der Waals surface area contributed by atoms with Crippen molar-refractivity contribution in [1.29, 1.82) is 0 Å². The molecule has 3 heteroatoms. The summed E-state index contributed by atoms with van der Waals surface area (Å²) in [7, 11) is 0. The molecule has 0 aromatic rings. The van der Waals surface area contributed by atoms with Gasteiger partial charge in [0.15, 0.2) is 0 Å². The van der Waals surface area contributed by atoms with Gasteiger partial charge in [0.2, 0.25) is 0 Å². The van der Waals surface area contributed by atoms with E-state index in [1.165, 1.54) is 0 Å². The zero-order valence-electron chi connectivity index (χ0n) is 16.1. The molecule has 0 aliphatic heterocycles. The third-order valence-electron chi connectivity index (χ3n) is 3.97. The quantitative estimate of drug-likeness (QED) is 0.321. The lowest BCUT2D eigenvalue weighted by Gasteiger charge is -2.09. The molecule has 0 saturated heterocycles. The maximum atomic E-state index is 6.13. The van der Waals surface area contributed by atoms with Crippen LogP contribution in [0.4, 0.5) is 0 Å². The Balaban J connectivity index is 5.86. The van der Waals surface area contributed by atoms with Crippen molar-refractivity contribution in [3.05, 3.63) is 59.5 Å². The molecular formula is C21H35N3. The Hall–Kier alpha value is -2.03. The molecule has 0 aliphatic rings. The van der Waals surface area contributed by atoms with E-state index in [2.05, 4.69) is 57.5 Å². The van der Waals surface area contributed by atoms with Crippen molar-refractivity contribution in [2.24, 2.45) is 22.4 Å². The van der Waals surface area contributed by atoms with Gasteiger partial charge in [-0.05, 0) is 36.8 Å².